The maximum absolute atomic E-state index is 6.03. The van der Waals surface area contributed by atoms with Gasteiger partial charge >= 0.3 is 0 Å². The molecule has 0 unspecified atom stereocenters. The fraction of sp³-hybridized carbons (Fsp3) is 0.417. The molecule has 17 heavy (non-hydrogen) atoms. The number of aromatic nitrogens is 2. The van der Waals surface area contributed by atoms with Crippen LogP contribution in [0.15, 0.2) is 18.3 Å². The van der Waals surface area contributed by atoms with Gasteiger partial charge in [0.15, 0.2) is 0 Å². The summed E-state index contributed by atoms with van der Waals surface area (Å²) >= 11 is 0. The second kappa shape index (κ2) is 5.05. The molecule has 1 aromatic carbocycles. The van der Waals surface area contributed by atoms with Gasteiger partial charge in [-0.1, -0.05) is 0 Å². The van der Waals surface area contributed by atoms with Crippen LogP contribution >= 0.6 is 0 Å². The van der Waals surface area contributed by atoms with E-state index in [0.29, 0.717) is 6.61 Å². The molecule has 5 heteroatoms. The summed E-state index contributed by atoms with van der Waals surface area (Å²) < 4.78 is 5.34. The van der Waals surface area contributed by atoms with Gasteiger partial charge in [0.05, 0.1) is 29.7 Å². The van der Waals surface area contributed by atoms with Crippen LogP contribution in [0.3, 0.4) is 0 Å². The number of aromatic amines is 1. The zero-order valence-electron chi connectivity index (χ0n) is 10.2. The van der Waals surface area contributed by atoms with Crippen LogP contribution in [0.5, 0.6) is 0 Å². The molecule has 0 aliphatic carbocycles. The molecule has 0 atom stereocenters. The zero-order valence-corrected chi connectivity index (χ0v) is 10.2. The summed E-state index contributed by atoms with van der Waals surface area (Å²) in [6.07, 6.45) is 1.77. The molecule has 1 aromatic heterocycles. The number of ether oxygens (including phenoxy) is 1. The highest BCUT2D eigenvalue weighted by molar-refractivity contribution is 5.88. The van der Waals surface area contributed by atoms with Crippen molar-refractivity contribution in [2.75, 3.05) is 37.4 Å². The predicted molar refractivity (Wildman–Crippen MR) is 70.3 cm³/mol. The number of rotatable bonds is 5. The minimum absolute atomic E-state index is 0.702. The average molecular weight is 234 g/mol. The molecule has 0 radical (unpaired) electrons. The molecule has 2 rings (SSSR count). The number of nitrogens with one attached hydrogen (secondary N) is 1. The molecule has 5 nitrogen and oxygen atoms in total. The van der Waals surface area contributed by atoms with Crippen LogP contribution in [-0.2, 0) is 4.74 Å². The molecule has 0 saturated carbocycles. The molecule has 0 amide bonds. The summed E-state index contributed by atoms with van der Waals surface area (Å²) in [4.78, 5) is 2.09. The highest BCUT2D eigenvalue weighted by atomic mass is 16.5. The first kappa shape index (κ1) is 11.7. The molecule has 0 bridgehead atoms. The van der Waals surface area contributed by atoms with Crippen LogP contribution in [0, 0.1) is 0 Å². The van der Waals surface area contributed by atoms with Crippen molar-refractivity contribution in [2.45, 2.75) is 6.92 Å². The van der Waals surface area contributed by atoms with E-state index in [9.17, 15) is 0 Å². The minimum Gasteiger partial charge on any atom is -0.397 e. The van der Waals surface area contributed by atoms with Crippen molar-refractivity contribution >= 4 is 22.3 Å². The number of nitrogen functional groups attached to an aromatic ring is 1. The number of fused-ring (bicyclic) bond motifs is 1. The van der Waals surface area contributed by atoms with Crippen LogP contribution in [0.4, 0.5) is 11.4 Å². The van der Waals surface area contributed by atoms with Gasteiger partial charge in [0.2, 0.25) is 0 Å². The van der Waals surface area contributed by atoms with Crippen molar-refractivity contribution in [2.24, 2.45) is 0 Å². The summed E-state index contributed by atoms with van der Waals surface area (Å²) in [5, 5.41) is 7.97. The summed E-state index contributed by atoms with van der Waals surface area (Å²) in [5.74, 6) is 0. The lowest BCUT2D eigenvalue weighted by atomic mass is 10.2. The van der Waals surface area contributed by atoms with Crippen molar-refractivity contribution in [3.8, 4) is 0 Å². The molecular formula is C12H18N4O. The van der Waals surface area contributed by atoms with Crippen molar-refractivity contribution in [3.63, 3.8) is 0 Å². The Hall–Kier alpha value is -1.75. The van der Waals surface area contributed by atoms with E-state index in [4.69, 9.17) is 10.5 Å². The first-order chi connectivity index (χ1) is 8.22. The van der Waals surface area contributed by atoms with Crippen molar-refractivity contribution in [1.29, 1.82) is 0 Å². The molecule has 0 spiro atoms. The summed E-state index contributed by atoms with van der Waals surface area (Å²) in [5.41, 5.74) is 8.79. The van der Waals surface area contributed by atoms with E-state index < -0.39 is 0 Å². The maximum Gasteiger partial charge on any atom is 0.0672 e. The Kier molecular flexibility index (Phi) is 3.49. The SMILES string of the molecule is CCOCCN(C)c1cc2[nH]ncc2cc1N. The fourth-order valence-corrected chi connectivity index (χ4v) is 1.79. The second-order valence-electron chi connectivity index (χ2n) is 3.99. The van der Waals surface area contributed by atoms with E-state index in [1.165, 1.54) is 0 Å². The van der Waals surface area contributed by atoms with Gasteiger partial charge in [0.1, 0.15) is 0 Å². The summed E-state index contributed by atoms with van der Waals surface area (Å²) in [7, 11) is 2.01. The smallest absolute Gasteiger partial charge is 0.0672 e. The number of benzene rings is 1. The van der Waals surface area contributed by atoms with E-state index in [0.717, 1.165) is 35.4 Å². The number of nitrogens with zero attached hydrogens (tertiary/aromatic N) is 2. The Labute approximate surface area is 101 Å². The third kappa shape index (κ3) is 2.50. The van der Waals surface area contributed by atoms with Gasteiger partial charge in [-0.05, 0) is 19.1 Å². The molecule has 0 saturated heterocycles. The Balaban J connectivity index is 2.18. The van der Waals surface area contributed by atoms with E-state index in [1.807, 2.05) is 26.1 Å². The largest absolute Gasteiger partial charge is 0.397 e. The normalized spacial score (nSPS) is 10.9. The van der Waals surface area contributed by atoms with Gasteiger partial charge in [0, 0.05) is 25.6 Å². The third-order valence-electron chi connectivity index (χ3n) is 2.77. The molecule has 0 aliphatic heterocycles. The lowest BCUT2D eigenvalue weighted by molar-refractivity contribution is 0.154. The van der Waals surface area contributed by atoms with Gasteiger partial charge in [0.25, 0.3) is 0 Å². The van der Waals surface area contributed by atoms with Gasteiger partial charge in [-0.3, -0.25) is 5.10 Å². The summed E-state index contributed by atoms with van der Waals surface area (Å²) in [6, 6.07) is 3.95. The maximum atomic E-state index is 6.03. The first-order valence-electron chi connectivity index (χ1n) is 5.74. The highest BCUT2D eigenvalue weighted by Crippen LogP contribution is 2.27. The monoisotopic (exact) mass is 234 g/mol. The second-order valence-corrected chi connectivity index (χ2v) is 3.99. The fourth-order valence-electron chi connectivity index (χ4n) is 1.79. The van der Waals surface area contributed by atoms with Crippen molar-refractivity contribution < 1.29 is 4.74 Å². The Morgan fingerprint density at radius 3 is 3.06 bits per heavy atom. The number of hydrogen-bond acceptors (Lipinski definition) is 4. The zero-order chi connectivity index (χ0) is 12.3. The van der Waals surface area contributed by atoms with Crippen LogP contribution < -0.4 is 10.6 Å². The number of nitrogens with two attached hydrogens (primary N) is 1. The first-order valence-corrected chi connectivity index (χ1v) is 5.74. The van der Waals surface area contributed by atoms with Gasteiger partial charge in [-0.2, -0.15) is 5.10 Å². The van der Waals surface area contributed by atoms with Gasteiger partial charge in [-0.15, -0.1) is 0 Å². The topological polar surface area (TPSA) is 67.2 Å². The standard InChI is InChI=1S/C12H18N4O/c1-3-17-5-4-16(2)12-7-11-9(6-10(12)13)8-14-15-11/h6-8H,3-5,13H2,1-2H3,(H,14,15). The minimum atomic E-state index is 0.702. The molecule has 0 aliphatic rings. The van der Waals surface area contributed by atoms with Gasteiger partial charge < -0.3 is 15.4 Å². The van der Waals surface area contributed by atoms with Crippen LogP contribution in [0.25, 0.3) is 10.9 Å². The third-order valence-corrected chi connectivity index (χ3v) is 2.77. The van der Waals surface area contributed by atoms with Crippen molar-refractivity contribution in [3.05, 3.63) is 18.3 Å². The lowest BCUT2D eigenvalue weighted by Gasteiger charge is -2.21. The number of likely N-dealkylation sites (N-methyl/N-ethyl adjacent to an activating group) is 1. The molecule has 92 valence electrons. The quantitative estimate of drug-likeness (QED) is 0.609. The van der Waals surface area contributed by atoms with Crippen molar-refractivity contribution in [1.82, 2.24) is 10.2 Å². The van der Waals surface area contributed by atoms with E-state index in [2.05, 4.69) is 15.1 Å². The van der Waals surface area contributed by atoms with Crippen LogP contribution in [-0.4, -0.2) is 37.0 Å². The molecule has 1 heterocycles. The van der Waals surface area contributed by atoms with Gasteiger partial charge in [-0.25, -0.2) is 0 Å². The number of anilines is 2. The van der Waals surface area contributed by atoms with Crippen LogP contribution in [0.2, 0.25) is 0 Å². The summed E-state index contributed by atoms with van der Waals surface area (Å²) in [6.45, 7) is 4.25. The lowest BCUT2D eigenvalue weighted by Crippen LogP contribution is -2.23. The Morgan fingerprint density at radius 1 is 1.47 bits per heavy atom. The molecule has 2 aromatic rings. The molecular weight excluding hydrogens is 216 g/mol. The molecule has 0 fully saturated rings. The Bertz CT molecular complexity index is 494. The number of hydrogen-bond donors (Lipinski definition) is 2. The average Bonchev–Trinajstić information content (AvgIpc) is 2.75. The predicted octanol–water partition coefficient (Wildman–Crippen LogP) is 1.62. The highest BCUT2D eigenvalue weighted by Gasteiger charge is 2.07. The number of H-pyrrole nitrogens is 1. The van der Waals surface area contributed by atoms with E-state index >= 15 is 0 Å². The van der Waals surface area contributed by atoms with E-state index in [-0.39, 0.29) is 0 Å². The Morgan fingerprint density at radius 2 is 2.29 bits per heavy atom. The van der Waals surface area contributed by atoms with E-state index in [1.54, 1.807) is 6.20 Å². The van der Waals surface area contributed by atoms with Crippen LogP contribution in [0.1, 0.15) is 6.92 Å². The molecule has 3 N–H and O–H groups in total.